The number of nitrogens with zero attached hydrogens (tertiary/aromatic N) is 1. The van der Waals surface area contributed by atoms with Gasteiger partial charge in [0.1, 0.15) is 0 Å². The zero-order valence-electron chi connectivity index (χ0n) is 10.8. The summed E-state index contributed by atoms with van der Waals surface area (Å²) in [6, 6.07) is 7.24. The van der Waals surface area contributed by atoms with E-state index in [-0.39, 0.29) is 12.3 Å². The van der Waals surface area contributed by atoms with Gasteiger partial charge in [0.15, 0.2) is 5.60 Å². The molecule has 5 heteroatoms. The number of halogens is 1. The Labute approximate surface area is 121 Å². The first kappa shape index (κ1) is 14.5. The Morgan fingerprint density at radius 2 is 2.11 bits per heavy atom. The van der Waals surface area contributed by atoms with Crippen LogP contribution in [0.1, 0.15) is 25.3 Å². The molecule has 104 valence electrons. The lowest BCUT2D eigenvalue weighted by molar-refractivity contribution is -0.139. The van der Waals surface area contributed by atoms with Crippen molar-refractivity contribution >= 4 is 27.5 Å². The average Bonchev–Trinajstić information content (AvgIpc) is 2.57. The SMILES string of the molecule is C[C@H](O)C[C@]1(O)C(=O)N(CCCBr)c2ccccc21. The van der Waals surface area contributed by atoms with Crippen molar-refractivity contribution in [1.82, 2.24) is 0 Å². The number of amides is 1. The maximum absolute atomic E-state index is 12.5. The molecular weight excluding hydrogens is 310 g/mol. The third-order valence-corrected chi connectivity index (χ3v) is 3.91. The van der Waals surface area contributed by atoms with Gasteiger partial charge in [0.25, 0.3) is 5.91 Å². The van der Waals surface area contributed by atoms with Crippen molar-refractivity contribution in [1.29, 1.82) is 0 Å². The number of anilines is 1. The molecule has 1 aromatic carbocycles. The molecule has 4 nitrogen and oxygen atoms in total. The van der Waals surface area contributed by atoms with Crippen molar-refractivity contribution in [2.24, 2.45) is 0 Å². The summed E-state index contributed by atoms with van der Waals surface area (Å²) >= 11 is 3.34. The van der Waals surface area contributed by atoms with Gasteiger partial charge in [-0.1, -0.05) is 34.1 Å². The minimum absolute atomic E-state index is 0.0215. The maximum Gasteiger partial charge on any atom is 0.263 e. The Bertz CT molecular complexity index is 478. The summed E-state index contributed by atoms with van der Waals surface area (Å²) in [7, 11) is 0. The molecule has 19 heavy (non-hydrogen) atoms. The summed E-state index contributed by atoms with van der Waals surface area (Å²) in [4.78, 5) is 14.1. The van der Waals surface area contributed by atoms with E-state index < -0.39 is 11.7 Å². The Kier molecular flexibility index (Phi) is 4.28. The quantitative estimate of drug-likeness (QED) is 0.810. The molecule has 2 atom stereocenters. The minimum atomic E-state index is -1.60. The van der Waals surface area contributed by atoms with Gasteiger partial charge in [0.05, 0.1) is 11.8 Å². The molecule has 0 unspecified atom stereocenters. The molecule has 2 rings (SSSR count). The van der Waals surface area contributed by atoms with Gasteiger partial charge >= 0.3 is 0 Å². The third-order valence-electron chi connectivity index (χ3n) is 3.35. The summed E-state index contributed by atoms with van der Waals surface area (Å²) in [5.74, 6) is -0.337. The van der Waals surface area contributed by atoms with E-state index in [1.807, 2.05) is 12.1 Å². The minimum Gasteiger partial charge on any atom is -0.393 e. The number of benzene rings is 1. The second-order valence-electron chi connectivity index (χ2n) is 4.93. The molecule has 0 saturated heterocycles. The fourth-order valence-corrected chi connectivity index (χ4v) is 2.82. The van der Waals surface area contributed by atoms with E-state index in [4.69, 9.17) is 0 Å². The number of carbonyl (C=O) groups is 1. The van der Waals surface area contributed by atoms with Crippen molar-refractivity contribution in [3.05, 3.63) is 29.8 Å². The summed E-state index contributed by atoms with van der Waals surface area (Å²) in [5, 5.41) is 21.0. The highest BCUT2D eigenvalue weighted by molar-refractivity contribution is 9.09. The Morgan fingerprint density at radius 1 is 1.42 bits per heavy atom. The Balaban J connectivity index is 2.40. The predicted octanol–water partition coefficient (Wildman–Crippen LogP) is 1.78. The molecule has 1 amide bonds. The summed E-state index contributed by atoms with van der Waals surface area (Å²) in [6.45, 7) is 2.14. The standard InChI is InChI=1S/C14H18BrNO3/c1-10(17)9-14(19)11-5-2-3-6-12(11)16(13(14)18)8-4-7-15/h2-3,5-6,10,17,19H,4,7-9H2,1H3/t10-,14+/m0/s1. The lowest BCUT2D eigenvalue weighted by Gasteiger charge is -2.24. The van der Waals surface area contributed by atoms with Crippen LogP contribution < -0.4 is 4.90 Å². The second-order valence-corrected chi connectivity index (χ2v) is 5.72. The van der Waals surface area contributed by atoms with Crippen molar-refractivity contribution in [3.63, 3.8) is 0 Å². The number of aliphatic hydroxyl groups excluding tert-OH is 1. The average molecular weight is 328 g/mol. The highest BCUT2D eigenvalue weighted by atomic mass is 79.9. The maximum atomic E-state index is 12.5. The van der Waals surface area contributed by atoms with Crippen molar-refractivity contribution in [2.45, 2.75) is 31.5 Å². The first-order chi connectivity index (χ1) is 9.00. The van der Waals surface area contributed by atoms with Crippen molar-refractivity contribution < 1.29 is 15.0 Å². The summed E-state index contributed by atoms with van der Waals surface area (Å²) in [5.41, 5.74) is -0.260. The highest BCUT2D eigenvalue weighted by Crippen LogP contribution is 2.42. The van der Waals surface area contributed by atoms with Crippen LogP contribution in [0.15, 0.2) is 24.3 Å². The van der Waals surface area contributed by atoms with E-state index in [9.17, 15) is 15.0 Å². The first-order valence-corrected chi connectivity index (χ1v) is 7.50. The molecule has 0 radical (unpaired) electrons. The van der Waals surface area contributed by atoms with E-state index in [1.54, 1.807) is 24.0 Å². The van der Waals surface area contributed by atoms with E-state index in [0.29, 0.717) is 12.1 Å². The van der Waals surface area contributed by atoms with Crippen LogP contribution in [0.3, 0.4) is 0 Å². The van der Waals surface area contributed by atoms with E-state index in [0.717, 1.165) is 17.4 Å². The zero-order valence-corrected chi connectivity index (χ0v) is 12.4. The van der Waals surface area contributed by atoms with Gasteiger partial charge in [-0.15, -0.1) is 0 Å². The number of hydrogen-bond acceptors (Lipinski definition) is 3. The molecule has 1 heterocycles. The number of para-hydroxylation sites is 1. The molecule has 0 saturated carbocycles. The van der Waals surface area contributed by atoms with Crippen LogP contribution >= 0.6 is 15.9 Å². The molecule has 0 spiro atoms. The number of fused-ring (bicyclic) bond motifs is 1. The van der Waals surface area contributed by atoms with Gasteiger partial charge in [-0.25, -0.2) is 0 Å². The number of carbonyl (C=O) groups excluding carboxylic acids is 1. The second kappa shape index (κ2) is 5.61. The van der Waals surface area contributed by atoms with Crippen LogP contribution in [0.5, 0.6) is 0 Å². The molecule has 0 bridgehead atoms. The molecule has 2 N–H and O–H groups in total. The normalized spacial score (nSPS) is 23.6. The van der Waals surface area contributed by atoms with E-state index in [1.165, 1.54) is 0 Å². The molecule has 1 aromatic rings. The lowest BCUT2D eigenvalue weighted by atomic mass is 9.90. The van der Waals surface area contributed by atoms with Crippen LogP contribution in [-0.4, -0.2) is 34.1 Å². The number of aliphatic hydroxyl groups is 2. The third kappa shape index (κ3) is 2.55. The number of alkyl halides is 1. The van der Waals surface area contributed by atoms with Gasteiger partial charge in [0.2, 0.25) is 0 Å². The summed E-state index contributed by atoms with van der Waals surface area (Å²) in [6.07, 6.45) is 0.0940. The number of hydrogen-bond donors (Lipinski definition) is 2. The Morgan fingerprint density at radius 3 is 2.74 bits per heavy atom. The van der Waals surface area contributed by atoms with Crippen LogP contribution in [-0.2, 0) is 10.4 Å². The molecular formula is C14H18BrNO3. The van der Waals surface area contributed by atoms with Crippen LogP contribution in [0.4, 0.5) is 5.69 Å². The van der Waals surface area contributed by atoms with Gasteiger partial charge in [-0.3, -0.25) is 4.79 Å². The van der Waals surface area contributed by atoms with E-state index >= 15 is 0 Å². The molecule has 1 aliphatic rings. The van der Waals surface area contributed by atoms with Gasteiger partial charge < -0.3 is 15.1 Å². The molecule has 0 aromatic heterocycles. The monoisotopic (exact) mass is 327 g/mol. The van der Waals surface area contributed by atoms with Crippen molar-refractivity contribution in [2.75, 3.05) is 16.8 Å². The summed E-state index contributed by atoms with van der Waals surface area (Å²) < 4.78 is 0. The first-order valence-electron chi connectivity index (χ1n) is 6.38. The lowest BCUT2D eigenvalue weighted by Crippen LogP contribution is -2.42. The fourth-order valence-electron chi connectivity index (χ4n) is 2.57. The number of rotatable bonds is 5. The Hall–Kier alpha value is -0.910. The zero-order chi connectivity index (χ0) is 14.0. The van der Waals surface area contributed by atoms with Gasteiger partial charge in [-0.05, 0) is 19.4 Å². The molecule has 1 aliphatic heterocycles. The van der Waals surface area contributed by atoms with E-state index in [2.05, 4.69) is 15.9 Å². The molecule has 0 fully saturated rings. The van der Waals surface area contributed by atoms with Crippen LogP contribution in [0.25, 0.3) is 0 Å². The fraction of sp³-hybridized carbons (Fsp3) is 0.500. The predicted molar refractivity (Wildman–Crippen MR) is 77.4 cm³/mol. The highest BCUT2D eigenvalue weighted by Gasteiger charge is 2.49. The smallest absolute Gasteiger partial charge is 0.263 e. The van der Waals surface area contributed by atoms with Gasteiger partial charge in [-0.2, -0.15) is 0 Å². The topological polar surface area (TPSA) is 60.8 Å². The van der Waals surface area contributed by atoms with Gasteiger partial charge in [0, 0.05) is 23.9 Å². The van der Waals surface area contributed by atoms with Crippen molar-refractivity contribution in [3.8, 4) is 0 Å². The largest absolute Gasteiger partial charge is 0.393 e. The van der Waals surface area contributed by atoms with Crippen LogP contribution in [0.2, 0.25) is 0 Å². The molecule has 0 aliphatic carbocycles. The van der Waals surface area contributed by atoms with Crippen LogP contribution in [0, 0.1) is 0 Å².